The summed E-state index contributed by atoms with van der Waals surface area (Å²) in [7, 11) is 3.29. The van der Waals surface area contributed by atoms with Crippen LogP contribution >= 0.6 is 0 Å². The van der Waals surface area contributed by atoms with Crippen molar-refractivity contribution >= 4 is 0 Å². The Bertz CT molecular complexity index is 1460. The Morgan fingerprint density at radius 3 is 2.00 bits per heavy atom. The van der Waals surface area contributed by atoms with E-state index in [1.54, 1.807) is 26.4 Å². The lowest BCUT2D eigenvalue weighted by Gasteiger charge is -2.13. The van der Waals surface area contributed by atoms with Crippen molar-refractivity contribution < 1.29 is 14.6 Å². The van der Waals surface area contributed by atoms with E-state index in [0.29, 0.717) is 6.42 Å². The number of benzene rings is 4. The third-order valence-electron chi connectivity index (χ3n) is 6.45. The Labute approximate surface area is 216 Å². The molecule has 1 aromatic heterocycles. The van der Waals surface area contributed by atoms with E-state index in [2.05, 4.69) is 57.2 Å². The SMILES string of the molecule is COc1ccc(CCn2c(Cc3ccccc3)nnc2-c2ccc(-c3ccc(O)cc3)cc2)cc1OC. The fraction of sp³-hybridized carbons (Fsp3) is 0.161. The van der Waals surface area contributed by atoms with Crippen molar-refractivity contribution in [1.82, 2.24) is 14.8 Å². The van der Waals surface area contributed by atoms with E-state index in [1.807, 2.05) is 42.5 Å². The van der Waals surface area contributed by atoms with Gasteiger partial charge in [0.15, 0.2) is 17.3 Å². The van der Waals surface area contributed by atoms with E-state index < -0.39 is 0 Å². The molecule has 0 aliphatic carbocycles. The lowest BCUT2D eigenvalue weighted by Crippen LogP contribution is -2.09. The smallest absolute Gasteiger partial charge is 0.163 e. The molecule has 0 atom stereocenters. The third kappa shape index (κ3) is 5.48. The summed E-state index contributed by atoms with van der Waals surface area (Å²) >= 11 is 0. The second kappa shape index (κ2) is 11.0. The molecule has 1 heterocycles. The van der Waals surface area contributed by atoms with Gasteiger partial charge < -0.3 is 19.1 Å². The van der Waals surface area contributed by atoms with Crippen LogP contribution in [0.25, 0.3) is 22.5 Å². The van der Waals surface area contributed by atoms with Crippen molar-refractivity contribution in [2.24, 2.45) is 0 Å². The van der Waals surface area contributed by atoms with Crippen LogP contribution in [-0.2, 0) is 19.4 Å². The van der Waals surface area contributed by atoms with E-state index in [-0.39, 0.29) is 5.75 Å². The molecule has 0 unspecified atom stereocenters. The third-order valence-corrected chi connectivity index (χ3v) is 6.45. The summed E-state index contributed by atoms with van der Waals surface area (Å²) in [4.78, 5) is 0. The van der Waals surface area contributed by atoms with Crippen molar-refractivity contribution in [2.75, 3.05) is 14.2 Å². The molecule has 1 N–H and O–H groups in total. The first-order valence-electron chi connectivity index (χ1n) is 12.2. The second-order valence-corrected chi connectivity index (χ2v) is 8.82. The number of hydrogen-bond acceptors (Lipinski definition) is 5. The van der Waals surface area contributed by atoms with E-state index >= 15 is 0 Å². The zero-order chi connectivity index (χ0) is 25.6. The average molecular weight is 492 g/mol. The molecule has 0 aliphatic rings. The fourth-order valence-corrected chi connectivity index (χ4v) is 4.44. The quantitative estimate of drug-likeness (QED) is 0.267. The molecule has 186 valence electrons. The predicted octanol–water partition coefficient (Wildman–Crippen LogP) is 6.17. The number of nitrogens with zero attached hydrogens (tertiary/aromatic N) is 3. The van der Waals surface area contributed by atoms with Gasteiger partial charge in [-0.1, -0.05) is 72.8 Å². The number of aromatic nitrogens is 3. The first-order chi connectivity index (χ1) is 18.1. The summed E-state index contributed by atoms with van der Waals surface area (Å²) in [5.74, 6) is 3.45. The molecule has 0 fully saturated rings. The highest BCUT2D eigenvalue weighted by Crippen LogP contribution is 2.29. The molecule has 0 radical (unpaired) electrons. The zero-order valence-electron chi connectivity index (χ0n) is 21.0. The van der Waals surface area contributed by atoms with E-state index in [9.17, 15) is 5.11 Å². The van der Waals surface area contributed by atoms with Gasteiger partial charge in [0, 0.05) is 18.5 Å². The van der Waals surface area contributed by atoms with Crippen LogP contribution in [0.3, 0.4) is 0 Å². The number of methoxy groups -OCH3 is 2. The fourth-order valence-electron chi connectivity index (χ4n) is 4.44. The Morgan fingerprint density at radius 1 is 0.676 bits per heavy atom. The largest absolute Gasteiger partial charge is 0.508 e. The highest BCUT2D eigenvalue weighted by Gasteiger charge is 2.15. The summed E-state index contributed by atoms with van der Waals surface area (Å²) in [5, 5.41) is 18.8. The number of phenols is 1. The van der Waals surface area contributed by atoms with Gasteiger partial charge in [-0.25, -0.2) is 0 Å². The summed E-state index contributed by atoms with van der Waals surface area (Å²) in [6.45, 7) is 0.722. The van der Waals surface area contributed by atoms with Gasteiger partial charge >= 0.3 is 0 Å². The van der Waals surface area contributed by atoms with E-state index in [0.717, 1.165) is 58.4 Å². The van der Waals surface area contributed by atoms with Gasteiger partial charge in [0.1, 0.15) is 11.6 Å². The Kier molecular flexibility index (Phi) is 7.17. The van der Waals surface area contributed by atoms with E-state index in [4.69, 9.17) is 9.47 Å². The summed E-state index contributed by atoms with van der Waals surface area (Å²) < 4.78 is 13.1. The first-order valence-corrected chi connectivity index (χ1v) is 12.2. The van der Waals surface area contributed by atoms with Gasteiger partial charge in [-0.2, -0.15) is 0 Å². The molecule has 5 rings (SSSR count). The molecule has 0 amide bonds. The van der Waals surface area contributed by atoms with Crippen molar-refractivity contribution in [1.29, 1.82) is 0 Å². The van der Waals surface area contributed by atoms with Crippen LogP contribution in [0.5, 0.6) is 17.2 Å². The Hall–Kier alpha value is -4.58. The van der Waals surface area contributed by atoms with Crippen molar-refractivity contribution in [3.63, 3.8) is 0 Å². The topological polar surface area (TPSA) is 69.4 Å². The maximum Gasteiger partial charge on any atom is 0.163 e. The Morgan fingerprint density at radius 2 is 1.32 bits per heavy atom. The summed E-state index contributed by atoms with van der Waals surface area (Å²) in [6, 6.07) is 31.9. The molecule has 4 aromatic carbocycles. The van der Waals surface area contributed by atoms with Gasteiger partial charge in [0.2, 0.25) is 0 Å². The standard InChI is InChI=1S/C31H29N3O3/c1-36-28-17-8-23(20-29(28)37-2)18-19-34-30(21-22-6-4-3-5-7-22)32-33-31(34)26-11-9-24(10-12-26)25-13-15-27(35)16-14-25/h3-17,20,35H,18-19,21H2,1-2H3. The monoisotopic (exact) mass is 491 g/mol. The molecule has 5 aromatic rings. The number of rotatable bonds is 9. The van der Waals surface area contributed by atoms with Crippen LogP contribution in [0.1, 0.15) is 17.0 Å². The molecule has 0 bridgehead atoms. The molecule has 6 heteroatoms. The number of aromatic hydroxyl groups is 1. The first kappa shape index (κ1) is 24.1. The predicted molar refractivity (Wildman–Crippen MR) is 145 cm³/mol. The number of hydrogen-bond donors (Lipinski definition) is 1. The van der Waals surface area contributed by atoms with Crippen LogP contribution < -0.4 is 9.47 Å². The van der Waals surface area contributed by atoms with Gasteiger partial charge in [-0.15, -0.1) is 10.2 Å². The van der Waals surface area contributed by atoms with Crippen LogP contribution in [0.15, 0.2) is 97.1 Å². The number of phenolic OH excluding ortho intramolecular Hbond substituents is 1. The van der Waals surface area contributed by atoms with Gasteiger partial charge in [0.25, 0.3) is 0 Å². The Balaban J connectivity index is 1.45. The molecule has 0 aliphatic heterocycles. The molecule has 37 heavy (non-hydrogen) atoms. The normalized spacial score (nSPS) is 10.9. The van der Waals surface area contributed by atoms with Crippen LogP contribution in [0, 0.1) is 0 Å². The van der Waals surface area contributed by atoms with Crippen molar-refractivity contribution in [3.8, 4) is 39.8 Å². The molecule has 0 saturated carbocycles. The lowest BCUT2D eigenvalue weighted by molar-refractivity contribution is 0.354. The zero-order valence-corrected chi connectivity index (χ0v) is 21.0. The van der Waals surface area contributed by atoms with Crippen LogP contribution in [-0.4, -0.2) is 34.1 Å². The van der Waals surface area contributed by atoms with Crippen LogP contribution in [0.2, 0.25) is 0 Å². The average Bonchev–Trinajstić information content (AvgIpc) is 3.34. The maximum atomic E-state index is 9.59. The number of ether oxygens (including phenoxy) is 2. The molecule has 0 saturated heterocycles. The molecular weight excluding hydrogens is 462 g/mol. The lowest BCUT2D eigenvalue weighted by atomic mass is 10.0. The molecule has 6 nitrogen and oxygen atoms in total. The minimum Gasteiger partial charge on any atom is -0.508 e. The molecule has 0 spiro atoms. The summed E-state index contributed by atoms with van der Waals surface area (Å²) in [6.07, 6.45) is 1.49. The van der Waals surface area contributed by atoms with Crippen molar-refractivity contribution in [3.05, 3.63) is 114 Å². The van der Waals surface area contributed by atoms with Gasteiger partial charge in [-0.3, -0.25) is 0 Å². The minimum absolute atomic E-state index is 0.258. The number of aryl methyl sites for hydroxylation is 1. The van der Waals surface area contributed by atoms with E-state index in [1.165, 1.54) is 5.56 Å². The second-order valence-electron chi connectivity index (χ2n) is 8.82. The summed E-state index contributed by atoms with van der Waals surface area (Å²) in [5.41, 5.74) is 5.46. The maximum absolute atomic E-state index is 9.59. The van der Waals surface area contributed by atoms with Crippen molar-refractivity contribution in [2.45, 2.75) is 19.4 Å². The van der Waals surface area contributed by atoms with Crippen LogP contribution in [0.4, 0.5) is 0 Å². The minimum atomic E-state index is 0.258. The highest BCUT2D eigenvalue weighted by atomic mass is 16.5. The highest BCUT2D eigenvalue weighted by molar-refractivity contribution is 5.68. The van der Waals surface area contributed by atoms with Gasteiger partial charge in [0.05, 0.1) is 14.2 Å². The molecular formula is C31H29N3O3. The van der Waals surface area contributed by atoms with Gasteiger partial charge in [-0.05, 0) is 52.9 Å².